The fourth-order valence-electron chi connectivity index (χ4n) is 6.08. The van der Waals surface area contributed by atoms with Gasteiger partial charge in [0.05, 0.1) is 25.9 Å². The Labute approximate surface area is 385 Å². The summed E-state index contributed by atoms with van der Waals surface area (Å²) in [7, 11) is 0. The summed E-state index contributed by atoms with van der Waals surface area (Å²) in [5.41, 5.74) is 17.0. The molecule has 0 spiro atoms. The van der Waals surface area contributed by atoms with Gasteiger partial charge in [0, 0.05) is 17.7 Å². The zero-order chi connectivity index (χ0) is 51.0. The van der Waals surface area contributed by atoms with Crippen molar-refractivity contribution in [2.24, 2.45) is 23.3 Å². The molecule has 1 aromatic carbocycles. The van der Waals surface area contributed by atoms with Crippen molar-refractivity contribution in [1.82, 2.24) is 42.5 Å². The Hall–Kier alpha value is -7.38. The van der Waals surface area contributed by atoms with Crippen LogP contribution in [-0.4, -0.2) is 142 Å². The number of unbranched alkanes of at least 4 members (excludes halogenated alkanes) is 1. The van der Waals surface area contributed by atoms with Gasteiger partial charge in [-0.2, -0.15) is 0 Å². The maximum atomic E-state index is 13.8. The molecule has 0 saturated carbocycles. The molecule has 0 aromatic heterocycles. The highest BCUT2D eigenvalue weighted by Crippen LogP contribution is 2.11. The molecule has 372 valence electrons. The fraction of sp³-hybridized carbons (Fsp3) is 0.561. The van der Waals surface area contributed by atoms with Gasteiger partial charge in [0.2, 0.25) is 47.3 Å². The Morgan fingerprint density at radius 3 is 1.72 bits per heavy atom. The Morgan fingerprint density at radius 1 is 0.597 bits per heavy atom. The number of nitrogens with one attached hydrogen (secondary N) is 8. The Bertz CT molecular complexity index is 1960. The zero-order valence-electron chi connectivity index (χ0n) is 37.7. The second-order valence-electron chi connectivity index (χ2n) is 16.1. The second kappa shape index (κ2) is 29.2. The molecule has 0 aliphatic carbocycles. The number of anilines is 1. The average Bonchev–Trinajstić information content (AvgIpc) is 3.23. The molecule has 0 aliphatic rings. The molecule has 0 bridgehead atoms. The third-order valence-electron chi connectivity index (χ3n) is 9.50. The Balaban J connectivity index is 3.16. The number of primary amides is 1. The molecule has 0 fully saturated rings. The largest absolute Gasteiger partial charge is 0.481 e. The van der Waals surface area contributed by atoms with Crippen LogP contribution in [0.3, 0.4) is 0 Å². The summed E-state index contributed by atoms with van der Waals surface area (Å²) >= 11 is 0. The van der Waals surface area contributed by atoms with Crippen LogP contribution < -0.4 is 59.7 Å². The third-order valence-corrected chi connectivity index (χ3v) is 9.50. The summed E-state index contributed by atoms with van der Waals surface area (Å²) in [5.74, 6) is -13.8. The van der Waals surface area contributed by atoms with Crippen LogP contribution in [0.4, 0.5) is 5.69 Å². The van der Waals surface area contributed by atoms with E-state index in [1.54, 1.807) is 13.8 Å². The van der Waals surface area contributed by atoms with E-state index in [1.807, 2.05) is 0 Å². The van der Waals surface area contributed by atoms with Gasteiger partial charge in [-0.1, -0.05) is 33.8 Å². The number of carboxylic acids is 3. The lowest BCUT2D eigenvalue weighted by Crippen LogP contribution is -2.60. The fourth-order valence-corrected chi connectivity index (χ4v) is 6.08. The number of aliphatic carboxylic acids is 3. The molecule has 0 unspecified atom stereocenters. The van der Waals surface area contributed by atoms with Gasteiger partial charge in [-0.25, -0.2) is 4.79 Å². The van der Waals surface area contributed by atoms with Gasteiger partial charge in [-0.15, -0.1) is 0 Å². The van der Waals surface area contributed by atoms with Crippen LogP contribution in [0.25, 0.3) is 0 Å². The number of carbonyl (C=O) groups is 12. The lowest BCUT2D eigenvalue weighted by Gasteiger charge is -2.28. The molecule has 0 heterocycles. The maximum absolute atomic E-state index is 13.8. The van der Waals surface area contributed by atoms with E-state index in [0.717, 1.165) is 0 Å². The predicted octanol–water partition coefficient (Wildman–Crippen LogP) is -3.85. The van der Waals surface area contributed by atoms with Crippen molar-refractivity contribution in [3.8, 4) is 0 Å². The molecule has 26 heteroatoms. The number of hydrogen-bond acceptors (Lipinski definition) is 14. The summed E-state index contributed by atoms with van der Waals surface area (Å²) in [6, 6.07) is -3.43. The average molecular weight is 950 g/mol. The van der Waals surface area contributed by atoms with E-state index >= 15 is 0 Å². The molecule has 0 radical (unpaired) electrons. The molecule has 6 atom stereocenters. The van der Waals surface area contributed by atoms with E-state index < -0.39 is 152 Å². The van der Waals surface area contributed by atoms with Crippen molar-refractivity contribution in [2.75, 3.05) is 25.4 Å². The van der Waals surface area contributed by atoms with Crippen LogP contribution in [0, 0.1) is 11.8 Å². The molecule has 0 saturated heterocycles. The first-order chi connectivity index (χ1) is 31.3. The van der Waals surface area contributed by atoms with Crippen molar-refractivity contribution in [3.05, 3.63) is 29.8 Å². The lowest BCUT2D eigenvalue weighted by molar-refractivity contribution is -0.143. The van der Waals surface area contributed by atoms with E-state index in [0.29, 0.717) is 6.42 Å². The predicted molar refractivity (Wildman–Crippen MR) is 236 cm³/mol. The van der Waals surface area contributed by atoms with E-state index in [4.69, 9.17) is 22.3 Å². The number of nitrogens with two attached hydrogens (primary N) is 3. The quantitative estimate of drug-likeness (QED) is 0.0250. The van der Waals surface area contributed by atoms with Crippen molar-refractivity contribution in [3.63, 3.8) is 0 Å². The van der Waals surface area contributed by atoms with Crippen LogP contribution >= 0.6 is 0 Å². The van der Waals surface area contributed by atoms with E-state index in [-0.39, 0.29) is 43.0 Å². The SMILES string of the molecule is CC(C)C[C@H](NC(=O)[C@H](CC(N)=O)NC(=O)[C@@H](NC(=O)[C@H](CCCCN)NC(=O)[C@H](CC(=O)O)NC(=O)c1cccc(N)c1)C(C)C)C(=O)NCC(=O)NCC(=O)N[C@@H](CCC(=O)O)C(=O)O. The number of amides is 9. The van der Waals surface area contributed by atoms with Crippen molar-refractivity contribution < 1.29 is 72.9 Å². The van der Waals surface area contributed by atoms with Crippen LogP contribution in [0.2, 0.25) is 0 Å². The molecule has 17 N–H and O–H groups in total. The summed E-state index contributed by atoms with van der Waals surface area (Å²) in [6.45, 7) is 5.23. The minimum atomic E-state index is -1.71. The molecule has 0 aliphatic heterocycles. The highest BCUT2D eigenvalue weighted by atomic mass is 16.4. The smallest absolute Gasteiger partial charge is 0.326 e. The van der Waals surface area contributed by atoms with Gasteiger partial charge in [-0.05, 0) is 68.7 Å². The van der Waals surface area contributed by atoms with Crippen molar-refractivity contribution in [2.45, 2.75) is 115 Å². The van der Waals surface area contributed by atoms with E-state index in [2.05, 4.69) is 42.5 Å². The van der Waals surface area contributed by atoms with Crippen molar-refractivity contribution >= 4 is 76.8 Å². The number of carbonyl (C=O) groups excluding carboxylic acids is 9. The van der Waals surface area contributed by atoms with Gasteiger partial charge in [-0.3, -0.25) is 52.7 Å². The van der Waals surface area contributed by atoms with Crippen LogP contribution in [-0.2, 0) is 52.7 Å². The first-order valence-corrected chi connectivity index (χ1v) is 21.2. The van der Waals surface area contributed by atoms with Gasteiger partial charge in [0.25, 0.3) is 5.91 Å². The summed E-state index contributed by atoms with van der Waals surface area (Å²) < 4.78 is 0. The summed E-state index contributed by atoms with van der Waals surface area (Å²) in [4.78, 5) is 151. The molecular weight excluding hydrogens is 887 g/mol. The molecule has 9 amide bonds. The van der Waals surface area contributed by atoms with E-state index in [9.17, 15) is 67.7 Å². The van der Waals surface area contributed by atoms with Gasteiger partial charge >= 0.3 is 17.9 Å². The highest BCUT2D eigenvalue weighted by molar-refractivity contribution is 6.01. The van der Waals surface area contributed by atoms with Gasteiger partial charge in [0.15, 0.2) is 0 Å². The van der Waals surface area contributed by atoms with Crippen molar-refractivity contribution in [1.29, 1.82) is 0 Å². The maximum Gasteiger partial charge on any atom is 0.326 e. The van der Waals surface area contributed by atoms with E-state index in [1.165, 1.54) is 38.1 Å². The third kappa shape index (κ3) is 22.9. The van der Waals surface area contributed by atoms with Crippen LogP contribution in [0.5, 0.6) is 0 Å². The topological polar surface area (TPSA) is 440 Å². The van der Waals surface area contributed by atoms with Gasteiger partial charge < -0.3 is 75.1 Å². The number of rotatable bonds is 31. The van der Waals surface area contributed by atoms with Crippen LogP contribution in [0.1, 0.15) is 89.4 Å². The monoisotopic (exact) mass is 949 g/mol. The Kier molecular flexibility index (Phi) is 25.1. The molecular formula is C41H63N11O15. The summed E-state index contributed by atoms with van der Waals surface area (Å²) in [5, 5.41) is 46.1. The first-order valence-electron chi connectivity index (χ1n) is 21.2. The number of carboxylic acid groups (broad SMARTS) is 3. The molecule has 67 heavy (non-hydrogen) atoms. The molecule has 1 aromatic rings. The standard InChI is InChI=1S/C41H63N11O15/c1-20(2)14-26(36(61)46-18-30(54)45-19-31(55)47-25(41(66)67)11-12-32(56)57)50-38(63)27(16-29(44)53)51-40(65)34(21(3)4)52-37(62)24(10-5-6-13-42)48-39(64)28(17-33(58)59)49-35(60)22-8-7-9-23(43)15-22/h7-9,15,20-21,24-28,34H,5-6,10-14,16-19,42-43H2,1-4H3,(H2,44,53)(H,45,54)(H,46,61)(H,47,55)(H,48,64)(H,49,60)(H,50,63)(H,51,65)(H,52,62)(H,56,57)(H,58,59)(H,66,67)/t24-,25-,26-,27-,28-,34-/m0/s1. The molecule has 26 nitrogen and oxygen atoms in total. The van der Waals surface area contributed by atoms with Gasteiger partial charge in [0.1, 0.15) is 36.3 Å². The molecule has 1 rings (SSSR count). The number of benzene rings is 1. The normalized spacial score (nSPS) is 13.5. The summed E-state index contributed by atoms with van der Waals surface area (Å²) in [6.07, 6.45) is -2.00. The zero-order valence-corrected chi connectivity index (χ0v) is 37.7. The number of nitrogen functional groups attached to an aromatic ring is 1. The minimum absolute atomic E-state index is 0.0222. The highest BCUT2D eigenvalue weighted by Gasteiger charge is 2.35. The first kappa shape index (κ1) is 57.6. The Morgan fingerprint density at radius 2 is 1.18 bits per heavy atom. The van der Waals surface area contributed by atoms with Crippen LogP contribution in [0.15, 0.2) is 24.3 Å². The lowest BCUT2D eigenvalue weighted by atomic mass is 10.00. The number of hydrogen-bond donors (Lipinski definition) is 14. The minimum Gasteiger partial charge on any atom is -0.481 e. The second-order valence-corrected chi connectivity index (χ2v) is 16.1.